The number of hydrogen-bond donors (Lipinski definition) is 2. The molecule has 2 aromatic heterocycles. The van der Waals surface area contributed by atoms with Crippen molar-refractivity contribution in [2.45, 2.75) is 25.1 Å². The van der Waals surface area contributed by atoms with Crippen molar-refractivity contribution in [1.82, 2.24) is 19.9 Å². The average Bonchev–Trinajstić information content (AvgIpc) is 3.68. The van der Waals surface area contributed by atoms with Gasteiger partial charge in [-0.05, 0) is 18.9 Å². The third-order valence-corrected chi connectivity index (χ3v) is 5.40. The lowest BCUT2D eigenvalue weighted by molar-refractivity contribution is -0.212. The van der Waals surface area contributed by atoms with Crippen LogP contribution in [0.25, 0.3) is 11.3 Å². The predicted molar refractivity (Wildman–Crippen MR) is 112 cm³/mol. The van der Waals surface area contributed by atoms with Crippen LogP contribution in [0.2, 0.25) is 0 Å². The van der Waals surface area contributed by atoms with Crippen LogP contribution < -0.4 is 10.6 Å². The number of nitrogens with zero attached hydrogens (tertiary/aromatic N) is 5. The number of alkyl halides is 3. The van der Waals surface area contributed by atoms with Gasteiger partial charge < -0.3 is 20.3 Å². The highest BCUT2D eigenvalue weighted by Crippen LogP contribution is 2.30. The van der Waals surface area contributed by atoms with Crippen LogP contribution in [0.1, 0.15) is 18.5 Å². The molecule has 13 heteroatoms. The molecule has 0 aromatic carbocycles. The number of aromatic nitrogens is 3. The highest BCUT2D eigenvalue weighted by Gasteiger charge is 2.47. The summed E-state index contributed by atoms with van der Waals surface area (Å²) in [5, 5.41) is 14.7. The zero-order valence-electron chi connectivity index (χ0n) is 17.8. The third kappa shape index (κ3) is 5.40. The minimum absolute atomic E-state index is 0.00851. The monoisotopic (exact) mass is 475 g/mol. The van der Waals surface area contributed by atoms with Crippen LogP contribution in [0, 0.1) is 17.2 Å². The van der Waals surface area contributed by atoms with Crippen LogP contribution in [0.5, 0.6) is 0 Å². The lowest BCUT2D eigenvalue weighted by atomic mass is 10.1. The largest absolute Gasteiger partial charge is 0.411 e. The maximum Gasteiger partial charge on any atom is 0.411 e. The maximum absolute atomic E-state index is 13.2. The molecule has 1 saturated carbocycles. The fourth-order valence-electron chi connectivity index (χ4n) is 3.39. The summed E-state index contributed by atoms with van der Waals surface area (Å²) in [6, 6.07) is 1.36. The number of halogens is 3. The summed E-state index contributed by atoms with van der Waals surface area (Å²) < 4.78 is 44.6. The Morgan fingerprint density at radius 2 is 2.00 bits per heavy atom. The van der Waals surface area contributed by atoms with E-state index in [4.69, 9.17) is 4.74 Å². The number of carbonyl (C=O) groups is 2. The molecule has 1 aliphatic heterocycles. The summed E-state index contributed by atoms with van der Waals surface area (Å²) in [7, 11) is 0. The Balaban J connectivity index is 1.45. The number of nitrogens with one attached hydrogen (secondary N) is 2. The summed E-state index contributed by atoms with van der Waals surface area (Å²) in [5.41, 5.74) is 0.979. The van der Waals surface area contributed by atoms with E-state index in [1.807, 2.05) is 6.07 Å². The third-order valence-electron chi connectivity index (χ3n) is 5.40. The molecular weight excluding hydrogens is 455 g/mol. The van der Waals surface area contributed by atoms with Crippen molar-refractivity contribution in [2.75, 3.05) is 36.9 Å². The van der Waals surface area contributed by atoms with Crippen LogP contribution in [0.15, 0.2) is 24.7 Å². The quantitative estimate of drug-likeness (QED) is 0.648. The number of nitriles is 1. The Bertz CT molecular complexity index is 1110. The molecule has 0 spiro atoms. The van der Waals surface area contributed by atoms with Gasteiger partial charge in [-0.2, -0.15) is 18.4 Å². The normalized spacial score (nSPS) is 18.2. The standard InChI is InChI=1S/C21H20F3N7O3/c22-21(23,24)17-11-34-4-3-31(17)19(32)10-28-14-5-13(7-26-15(14)6-25)16-8-29-18(9-27-16)30-20(33)12-1-2-12/h5,7-9,12,17,28H,1-4,10-11H2,(H,29,30,33)/t17-/m1/s1. The number of hydrogen-bond acceptors (Lipinski definition) is 8. The van der Waals surface area contributed by atoms with E-state index < -0.39 is 31.3 Å². The van der Waals surface area contributed by atoms with E-state index in [1.54, 1.807) is 0 Å². The van der Waals surface area contributed by atoms with Gasteiger partial charge in [0.2, 0.25) is 11.8 Å². The van der Waals surface area contributed by atoms with Gasteiger partial charge in [-0.15, -0.1) is 0 Å². The molecule has 1 aliphatic carbocycles. The van der Waals surface area contributed by atoms with E-state index in [1.165, 1.54) is 24.7 Å². The molecule has 34 heavy (non-hydrogen) atoms. The van der Waals surface area contributed by atoms with Crippen molar-refractivity contribution in [3.8, 4) is 17.3 Å². The summed E-state index contributed by atoms with van der Waals surface area (Å²) in [5.74, 6) is -0.568. The number of pyridine rings is 1. The van der Waals surface area contributed by atoms with Gasteiger partial charge in [0.15, 0.2) is 17.6 Å². The Morgan fingerprint density at radius 3 is 2.65 bits per heavy atom. The highest BCUT2D eigenvalue weighted by atomic mass is 19.4. The Labute approximate surface area is 192 Å². The fourth-order valence-corrected chi connectivity index (χ4v) is 3.39. The van der Waals surface area contributed by atoms with E-state index >= 15 is 0 Å². The summed E-state index contributed by atoms with van der Waals surface area (Å²) in [6.45, 7) is -1.27. The van der Waals surface area contributed by atoms with Crippen LogP contribution in [-0.2, 0) is 14.3 Å². The first-order valence-corrected chi connectivity index (χ1v) is 10.5. The molecule has 0 unspecified atom stereocenters. The van der Waals surface area contributed by atoms with Gasteiger partial charge in [0.1, 0.15) is 6.07 Å². The molecule has 2 aliphatic rings. The second kappa shape index (κ2) is 9.60. The first-order valence-electron chi connectivity index (χ1n) is 10.5. The lowest BCUT2D eigenvalue weighted by Gasteiger charge is -2.36. The van der Waals surface area contributed by atoms with Crippen LogP contribution >= 0.6 is 0 Å². The molecule has 0 bridgehead atoms. The maximum atomic E-state index is 13.2. The number of carbonyl (C=O) groups excluding carboxylic acids is 2. The van der Waals surface area contributed by atoms with Gasteiger partial charge in [0.05, 0.1) is 43.5 Å². The van der Waals surface area contributed by atoms with Crippen molar-refractivity contribution in [3.05, 3.63) is 30.4 Å². The first-order chi connectivity index (χ1) is 16.3. The van der Waals surface area contributed by atoms with E-state index in [0.29, 0.717) is 17.1 Å². The van der Waals surface area contributed by atoms with Crippen molar-refractivity contribution in [2.24, 2.45) is 5.92 Å². The number of anilines is 2. The highest BCUT2D eigenvalue weighted by molar-refractivity contribution is 5.93. The molecule has 2 fully saturated rings. The molecule has 178 valence electrons. The zero-order chi connectivity index (χ0) is 24.3. The molecule has 3 heterocycles. The van der Waals surface area contributed by atoms with Gasteiger partial charge in [-0.1, -0.05) is 0 Å². The molecule has 1 atom stereocenters. The number of ether oxygens (including phenoxy) is 1. The second-order valence-corrected chi connectivity index (χ2v) is 7.86. The van der Waals surface area contributed by atoms with Gasteiger partial charge in [-0.25, -0.2) is 9.97 Å². The Morgan fingerprint density at radius 1 is 1.21 bits per heavy atom. The molecular formula is C21H20F3N7O3. The van der Waals surface area contributed by atoms with Crippen LogP contribution in [0.4, 0.5) is 24.7 Å². The summed E-state index contributed by atoms with van der Waals surface area (Å²) in [4.78, 5) is 37.5. The van der Waals surface area contributed by atoms with E-state index in [0.717, 1.165) is 17.7 Å². The summed E-state index contributed by atoms with van der Waals surface area (Å²) in [6.07, 6.45) is 1.30. The average molecular weight is 475 g/mol. The first kappa shape index (κ1) is 23.4. The van der Waals surface area contributed by atoms with E-state index in [2.05, 4.69) is 25.6 Å². The molecule has 0 radical (unpaired) electrons. The van der Waals surface area contributed by atoms with Crippen molar-refractivity contribution in [1.29, 1.82) is 5.26 Å². The fraction of sp³-hybridized carbons (Fsp3) is 0.429. The molecule has 2 N–H and O–H groups in total. The Hall–Kier alpha value is -3.79. The molecule has 2 aromatic rings. The smallest absolute Gasteiger partial charge is 0.377 e. The topological polar surface area (TPSA) is 133 Å². The van der Waals surface area contributed by atoms with Gasteiger partial charge in [-0.3, -0.25) is 14.6 Å². The predicted octanol–water partition coefficient (Wildman–Crippen LogP) is 1.96. The number of amides is 2. The minimum Gasteiger partial charge on any atom is -0.377 e. The van der Waals surface area contributed by atoms with Crippen LogP contribution in [0.3, 0.4) is 0 Å². The Kier molecular flexibility index (Phi) is 6.60. The summed E-state index contributed by atoms with van der Waals surface area (Å²) >= 11 is 0. The molecule has 1 saturated heterocycles. The van der Waals surface area contributed by atoms with Crippen molar-refractivity contribution < 1.29 is 27.5 Å². The van der Waals surface area contributed by atoms with E-state index in [9.17, 15) is 28.0 Å². The molecule has 2 amide bonds. The van der Waals surface area contributed by atoms with Crippen LogP contribution in [-0.4, -0.2) is 70.2 Å². The second-order valence-electron chi connectivity index (χ2n) is 7.86. The molecule has 4 rings (SSSR count). The lowest BCUT2D eigenvalue weighted by Crippen LogP contribution is -2.56. The SMILES string of the molecule is N#Cc1ncc(-c2cnc(NC(=O)C3CC3)cn2)cc1NCC(=O)N1CCOC[C@@H]1C(F)(F)F. The zero-order valence-corrected chi connectivity index (χ0v) is 17.8. The van der Waals surface area contributed by atoms with E-state index in [-0.39, 0.29) is 36.4 Å². The number of morpholine rings is 1. The van der Waals surface area contributed by atoms with Gasteiger partial charge >= 0.3 is 6.18 Å². The molecule has 10 nitrogen and oxygen atoms in total. The van der Waals surface area contributed by atoms with Crippen molar-refractivity contribution >= 4 is 23.3 Å². The number of rotatable bonds is 6. The van der Waals surface area contributed by atoms with Crippen molar-refractivity contribution in [3.63, 3.8) is 0 Å². The van der Waals surface area contributed by atoms with Gasteiger partial charge in [0, 0.05) is 24.2 Å². The van der Waals surface area contributed by atoms with Gasteiger partial charge in [0.25, 0.3) is 0 Å². The minimum atomic E-state index is -4.61.